The zero-order chi connectivity index (χ0) is 13.9. The Hall–Kier alpha value is -0.820. The van der Waals surface area contributed by atoms with Gasteiger partial charge in [0.05, 0.1) is 18.2 Å². The standard InChI is InChI=1S/C13H17F3N2O.ClH/c14-13(15,16)11-4-2-1-3-10(11)12(9-19)18-7-5-17-6-8-18;/h1-4,12,17,19H,5-9H2;1H/t12-;/m1./s1. The molecule has 1 aliphatic rings. The molecule has 20 heavy (non-hydrogen) atoms. The van der Waals surface area contributed by atoms with Crippen molar-refractivity contribution in [2.75, 3.05) is 32.8 Å². The molecule has 3 nitrogen and oxygen atoms in total. The van der Waals surface area contributed by atoms with E-state index >= 15 is 0 Å². The number of nitrogens with zero attached hydrogens (tertiary/aromatic N) is 1. The van der Waals surface area contributed by atoms with Crippen LogP contribution in [0.1, 0.15) is 17.2 Å². The summed E-state index contributed by atoms with van der Waals surface area (Å²) in [6.45, 7) is 2.41. The minimum Gasteiger partial charge on any atom is -0.394 e. The van der Waals surface area contributed by atoms with E-state index in [-0.39, 0.29) is 24.6 Å². The van der Waals surface area contributed by atoms with Gasteiger partial charge < -0.3 is 10.4 Å². The predicted molar refractivity (Wildman–Crippen MR) is 73.0 cm³/mol. The van der Waals surface area contributed by atoms with E-state index in [2.05, 4.69) is 5.32 Å². The molecule has 1 atom stereocenters. The van der Waals surface area contributed by atoms with Crippen molar-refractivity contribution in [1.82, 2.24) is 10.2 Å². The van der Waals surface area contributed by atoms with Gasteiger partial charge in [-0.2, -0.15) is 13.2 Å². The number of rotatable bonds is 3. The topological polar surface area (TPSA) is 35.5 Å². The smallest absolute Gasteiger partial charge is 0.394 e. The molecular weight excluding hydrogens is 293 g/mol. The summed E-state index contributed by atoms with van der Waals surface area (Å²) in [6.07, 6.45) is -4.39. The summed E-state index contributed by atoms with van der Waals surface area (Å²) in [5, 5.41) is 12.6. The van der Waals surface area contributed by atoms with Crippen molar-refractivity contribution in [2.45, 2.75) is 12.2 Å². The van der Waals surface area contributed by atoms with Crippen LogP contribution in [-0.2, 0) is 6.18 Å². The van der Waals surface area contributed by atoms with E-state index in [0.29, 0.717) is 13.1 Å². The van der Waals surface area contributed by atoms with Gasteiger partial charge in [-0.1, -0.05) is 18.2 Å². The fourth-order valence-electron chi connectivity index (χ4n) is 2.45. The maximum atomic E-state index is 13.0. The molecule has 1 saturated heterocycles. The molecule has 1 aromatic carbocycles. The highest BCUT2D eigenvalue weighted by Gasteiger charge is 2.36. The lowest BCUT2D eigenvalue weighted by molar-refractivity contribution is -0.139. The fraction of sp³-hybridized carbons (Fsp3) is 0.538. The molecule has 114 valence electrons. The lowest BCUT2D eigenvalue weighted by atomic mass is 9.98. The molecule has 1 fully saturated rings. The Labute approximate surface area is 122 Å². The van der Waals surface area contributed by atoms with Crippen LogP contribution in [0.3, 0.4) is 0 Å². The molecule has 1 heterocycles. The lowest BCUT2D eigenvalue weighted by Crippen LogP contribution is -2.46. The number of hydrogen-bond donors (Lipinski definition) is 2. The summed E-state index contributed by atoms with van der Waals surface area (Å²) in [4.78, 5) is 1.89. The van der Waals surface area contributed by atoms with Crippen LogP contribution in [0.4, 0.5) is 13.2 Å². The third kappa shape index (κ3) is 3.85. The third-order valence-corrected chi connectivity index (χ3v) is 3.39. The van der Waals surface area contributed by atoms with Gasteiger partial charge in [0.2, 0.25) is 0 Å². The summed E-state index contributed by atoms with van der Waals surface area (Å²) < 4.78 is 39.0. The monoisotopic (exact) mass is 310 g/mol. The molecule has 0 unspecified atom stereocenters. The van der Waals surface area contributed by atoms with Crippen molar-refractivity contribution in [2.24, 2.45) is 0 Å². The molecule has 1 aliphatic heterocycles. The van der Waals surface area contributed by atoms with Gasteiger partial charge in [0.15, 0.2) is 0 Å². The predicted octanol–water partition coefficient (Wildman–Crippen LogP) is 2.07. The van der Waals surface area contributed by atoms with Crippen LogP contribution < -0.4 is 5.32 Å². The van der Waals surface area contributed by atoms with Gasteiger partial charge in [0.25, 0.3) is 0 Å². The minimum absolute atomic E-state index is 0. The molecule has 2 N–H and O–H groups in total. The molecular formula is C13H18ClF3N2O. The second-order valence-electron chi connectivity index (χ2n) is 4.57. The van der Waals surface area contributed by atoms with Crippen LogP contribution in [-0.4, -0.2) is 42.8 Å². The Balaban J connectivity index is 0.00000200. The van der Waals surface area contributed by atoms with Crippen LogP contribution in [0.5, 0.6) is 0 Å². The normalized spacial score (nSPS) is 18.4. The number of nitrogens with one attached hydrogen (secondary N) is 1. The molecule has 2 rings (SSSR count). The first-order valence-electron chi connectivity index (χ1n) is 6.26. The second-order valence-corrected chi connectivity index (χ2v) is 4.57. The van der Waals surface area contributed by atoms with Crippen LogP contribution in [0, 0.1) is 0 Å². The summed E-state index contributed by atoms with van der Waals surface area (Å²) in [7, 11) is 0. The lowest BCUT2D eigenvalue weighted by Gasteiger charge is -2.35. The average molecular weight is 311 g/mol. The Morgan fingerprint density at radius 3 is 2.35 bits per heavy atom. The number of halogens is 4. The van der Waals surface area contributed by atoms with E-state index in [9.17, 15) is 18.3 Å². The minimum atomic E-state index is -4.39. The highest BCUT2D eigenvalue weighted by Crippen LogP contribution is 2.36. The molecule has 1 aromatic rings. The molecule has 0 aliphatic carbocycles. The van der Waals surface area contributed by atoms with Crippen molar-refractivity contribution in [3.05, 3.63) is 35.4 Å². The molecule has 0 spiro atoms. The van der Waals surface area contributed by atoms with Crippen LogP contribution in [0.15, 0.2) is 24.3 Å². The largest absolute Gasteiger partial charge is 0.416 e. The summed E-state index contributed by atoms with van der Waals surface area (Å²) in [6, 6.07) is 4.87. The Kier molecular flexibility index (Phi) is 6.26. The summed E-state index contributed by atoms with van der Waals surface area (Å²) in [5.41, 5.74) is -0.507. The van der Waals surface area contributed by atoms with E-state index in [1.807, 2.05) is 4.90 Å². The molecule has 7 heteroatoms. The van der Waals surface area contributed by atoms with Gasteiger partial charge >= 0.3 is 6.18 Å². The van der Waals surface area contributed by atoms with E-state index in [4.69, 9.17) is 0 Å². The Morgan fingerprint density at radius 2 is 1.80 bits per heavy atom. The zero-order valence-electron chi connectivity index (χ0n) is 10.9. The van der Waals surface area contributed by atoms with E-state index in [1.54, 1.807) is 6.07 Å². The highest BCUT2D eigenvalue weighted by atomic mass is 35.5. The van der Waals surface area contributed by atoms with Crippen molar-refractivity contribution in [1.29, 1.82) is 0 Å². The second kappa shape index (κ2) is 7.26. The quantitative estimate of drug-likeness (QED) is 0.897. The molecule has 0 amide bonds. The van der Waals surface area contributed by atoms with Gasteiger partial charge in [-0.05, 0) is 11.6 Å². The Bertz CT molecular complexity index is 422. The number of aliphatic hydroxyl groups excluding tert-OH is 1. The number of aliphatic hydroxyl groups is 1. The van der Waals surface area contributed by atoms with Gasteiger partial charge in [0.1, 0.15) is 0 Å². The maximum Gasteiger partial charge on any atom is 0.416 e. The first kappa shape index (κ1) is 17.2. The van der Waals surface area contributed by atoms with Gasteiger partial charge in [0, 0.05) is 26.2 Å². The van der Waals surface area contributed by atoms with Crippen LogP contribution >= 0.6 is 12.4 Å². The number of piperazine rings is 1. The number of hydrogen-bond acceptors (Lipinski definition) is 3. The number of benzene rings is 1. The zero-order valence-corrected chi connectivity index (χ0v) is 11.7. The Morgan fingerprint density at radius 1 is 1.20 bits per heavy atom. The van der Waals surface area contributed by atoms with Crippen molar-refractivity contribution in [3.8, 4) is 0 Å². The van der Waals surface area contributed by atoms with E-state index in [0.717, 1.165) is 19.2 Å². The first-order chi connectivity index (χ1) is 9.04. The average Bonchev–Trinajstić information content (AvgIpc) is 2.40. The van der Waals surface area contributed by atoms with Crippen LogP contribution in [0.2, 0.25) is 0 Å². The van der Waals surface area contributed by atoms with Crippen molar-refractivity contribution in [3.63, 3.8) is 0 Å². The molecule has 0 aromatic heterocycles. The molecule has 0 saturated carbocycles. The summed E-state index contributed by atoms with van der Waals surface area (Å²) in [5.74, 6) is 0. The maximum absolute atomic E-state index is 13.0. The fourth-order valence-corrected chi connectivity index (χ4v) is 2.45. The SMILES string of the molecule is Cl.OC[C@H](c1ccccc1C(F)(F)F)N1CCNCC1. The first-order valence-corrected chi connectivity index (χ1v) is 6.26. The van der Waals surface area contributed by atoms with Gasteiger partial charge in [-0.3, -0.25) is 4.90 Å². The summed E-state index contributed by atoms with van der Waals surface area (Å²) >= 11 is 0. The van der Waals surface area contributed by atoms with E-state index in [1.165, 1.54) is 12.1 Å². The van der Waals surface area contributed by atoms with Crippen molar-refractivity contribution >= 4 is 12.4 Å². The van der Waals surface area contributed by atoms with Gasteiger partial charge in [-0.15, -0.1) is 12.4 Å². The van der Waals surface area contributed by atoms with E-state index < -0.39 is 17.8 Å². The van der Waals surface area contributed by atoms with Crippen molar-refractivity contribution < 1.29 is 18.3 Å². The number of alkyl halides is 3. The van der Waals surface area contributed by atoms with Gasteiger partial charge in [-0.25, -0.2) is 0 Å². The third-order valence-electron chi connectivity index (χ3n) is 3.39. The molecule has 0 bridgehead atoms. The molecule has 0 radical (unpaired) electrons. The van der Waals surface area contributed by atoms with Crippen LogP contribution in [0.25, 0.3) is 0 Å². The highest BCUT2D eigenvalue weighted by molar-refractivity contribution is 5.85.